The van der Waals surface area contributed by atoms with Gasteiger partial charge in [0.25, 0.3) is 6.71 Å². The van der Waals surface area contributed by atoms with Gasteiger partial charge < -0.3 is 23.5 Å². The summed E-state index contributed by atoms with van der Waals surface area (Å²) in [4.78, 5) is 8.19. The Morgan fingerprint density at radius 2 is 1.06 bits per heavy atom. The third-order valence-electron chi connectivity index (χ3n) is 21.6. The highest BCUT2D eigenvalue weighted by atomic mass is 16.3. The van der Waals surface area contributed by atoms with Crippen molar-refractivity contribution in [1.29, 1.82) is 0 Å². The second-order valence-electron chi connectivity index (χ2n) is 29.4. The largest absolute Gasteiger partial charge is 0.456 e. The molecule has 5 nitrogen and oxygen atoms in total. The van der Waals surface area contributed by atoms with Crippen LogP contribution in [0.15, 0.2) is 179 Å². The van der Waals surface area contributed by atoms with Crippen LogP contribution in [-0.4, -0.2) is 12.3 Å². The molecule has 0 saturated heterocycles. The van der Waals surface area contributed by atoms with Gasteiger partial charge in [-0.25, -0.2) is 0 Å². The maximum atomic E-state index is 7.22. The van der Waals surface area contributed by atoms with E-state index in [9.17, 15) is 0 Å². The third kappa shape index (κ3) is 7.09. The molecule has 5 aliphatic rings. The number of rotatable bonds is 4. The predicted octanol–water partition coefficient (Wildman–Crippen LogP) is 19.9. The summed E-state index contributed by atoms with van der Waals surface area (Å²) < 4.78 is 14.2. The lowest BCUT2D eigenvalue weighted by molar-refractivity contribution is 0.195. The number of hydrogen-bond donors (Lipinski definition) is 0. The fourth-order valence-corrected chi connectivity index (χ4v) is 16.5. The van der Waals surface area contributed by atoms with E-state index in [4.69, 9.17) is 8.83 Å². The van der Waals surface area contributed by atoms with Gasteiger partial charge in [0.15, 0.2) is 5.58 Å². The van der Waals surface area contributed by atoms with Gasteiger partial charge in [0.05, 0.1) is 28.0 Å². The summed E-state index contributed by atoms with van der Waals surface area (Å²) in [6, 6.07) is 65.4. The van der Waals surface area contributed by atoms with Crippen molar-refractivity contribution in [3.05, 3.63) is 198 Å². The summed E-state index contributed by atoms with van der Waals surface area (Å²) >= 11 is 0. The highest BCUT2D eigenvalue weighted by molar-refractivity contribution is 7.00. The lowest BCUT2D eigenvalue weighted by Gasteiger charge is -2.51. The molecule has 11 aromatic rings. The molecular weight excluding hydrogens is 1020 g/mol. The zero-order chi connectivity index (χ0) is 57.8. The van der Waals surface area contributed by atoms with Gasteiger partial charge in [0.2, 0.25) is 0 Å². The smallest absolute Gasteiger partial charge is 0.252 e. The zero-order valence-electron chi connectivity index (χ0n) is 51.1. The molecule has 2 unspecified atom stereocenters. The number of nitrogens with zero attached hydrogens (tertiary/aromatic N) is 3. The Bertz CT molecular complexity index is 4600. The van der Waals surface area contributed by atoms with E-state index in [-0.39, 0.29) is 39.3 Å². The van der Waals surface area contributed by atoms with Crippen LogP contribution in [0, 0.1) is 0 Å². The van der Waals surface area contributed by atoms with Crippen molar-refractivity contribution in [2.75, 3.05) is 14.7 Å². The van der Waals surface area contributed by atoms with Crippen molar-refractivity contribution in [3.63, 3.8) is 0 Å². The predicted molar refractivity (Wildman–Crippen MR) is 356 cm³/mol. The van der Waals surface area contributed by atoms with Crippen molar-refractivity contribution in [2.24, 2.45) is 0 Å². The van der Waals surface area contributed by atoms with E-state index < -0.39 is 0 Å². The zero-order valence-corrected chi connectivity index (χ0v) is 51.1. The normalized spacial score (nSPS) is 20.3. The SMILES string of the molecule is CC(C)(C)c1ccc(N2c3cc(N4c5ccc(C(C)(C)C)cc5C5(C)CCCCC45C)cc4c3B(c3cc5c(cc3N4c3cccc4c3oc3ccccc34)C(C)(C)CCC5(C)C)c3ccc4oc5ccccc5c4c32)c(-c2ccccc2)c1. The first-order chi connectivity index (χ1) is 40.1. The van der Waals surface area contributed by atoms with Gasteiger partial charge >= 0.3 is 0 Å². The monoisotopic (exact) mass is 1100 g/mol. The van der Waals surface area contributed by atoms with Gasteiger partial charge in [-0.05, 0) is 165 Å². The summed E-state index contributed by atoms with van der Waals surface area (Å²) in [5.41, 5.74) is 25.9. The van der Waals surface area contributed by atoms with Crippen molar-refractivity contribution >= 4 is 112 Å². The number of furan rings is 2. The number of fused-ring (bicyclic) bond motifs is 15. The molecule has 0 spiro atoms. The van der Waals surface area contributed by atoms with E-state index in [0.29, 0.717) is 0 Å². The topological polar surface area (TPSA) is 36.0 Å². The standard InChI is InChI=1S/C78H76BN3O2/c1-73(2,3)48-31-34-60(54(41-48)47-23-14-13-15-24-47)81-65-44-50(82-61-35-32-49(74(4,5)6)42-57(61)77(11)37-20-21-38-78(77,82)12)43-64-70(65)79(58-33-36-68-69(71(58)81)53-26-17-19-30-67(53)83-68)59-45-55-56(76(9,10)40-39-75(55,7)8)46-63(59)80(64)62-28-22-27-52-51-25-16-18-29-66(51)84-72(52)62/h13-19,22-36,41-46H,20-21,37-40H2,1-12H3. The molecule has 0 radical (unpaired) electrons. The summed E-state index contributed by atoms with van der Waals surface area (Å²) in [6.07, 6.45) is 6.85. The fourth-order valence-electron chi connectivity index (χ4n) is 16.5. The van der Waals surface area contributed by atoms with E-state index in [2.05, 4.69) is 268 Å². The van der Waals surface area contributed by atoms with Gasteiger partial charge in [-0.2, -0.15) is 0 Å². The Hall–Kier alpha value is -7.96. The van der Waals surface area contributed by atoms with Crippen LogP contribution in [0.2, 0.25) is 0 Å². The van der Waals surface area contributed by atoms with Crippen LogP contribution < -0.4 is 31.1 Å². The maximum absolute atomic E-state index is 7.22. The molecular formula is C78H76BN3O2. The summed E-state index contributed by atoms with van der Waals surface area (Å²) in [7, 11) is 0. The molecule has 418 valence electrons. The Morgan fingerprint density at radius 3 is 1.79 bits per heavy atom. The van der Waals surface area contributed by atoms with Crippen molar-refractivity contribution in [1.82, 2.24) is 0 Å². The second-order valence-corrected chi connectivity index (χ2v) is 29.4. The first kappa shape index (κ1) is 51.7. The lowest BCUT2D eigenvalue weighted by atomic mass is 9.33. The van der Waals surface area contributed by atoms with Crippen molar-refractivity contribution in [3.8, 4) is 11.1 Å². The highest BCUT2D eigenvalue weighted by Gasteiger charge is 2.59. The van der Waals surface area contributed by atoms with Gasteiger partial charge in [0, 0.05) is 55.6 Å². The number of para-hydroxylation sites is 3. The van der Waals surface area contributed by atoms with E-state index in [0.717, 1.165) is 80.9 Å². The Balaban J connectivity index is 1.11. The van der Waals surface area contributed by atoms with Gasteiger partial charge in [-0.1, -0.05) is 198 Å². The molecule has 0 N–H and O–H groups in total. The summed E-state index contributed by atoms with van der Waals surface area (Å²) in [6.45, 7) is 29.1. The highest BCUT2D eigenvalue weighted by Crippen LogP contribution is 2.63. The second kappa shape index (κ2) is 17.3. The molecule has 84 heavy (non-hydrogen) atoms. The Kier molecular flexibility index (Phi) is 10.7. The molecule has 5 heterocycles. The maximum Gasteiger partial charge on any atom is 0.252 e. The van der Waals surface area contributed by atoms with E-state index in [1.54, 1.807) is 0 Å². The van der Waals surface area contributed by atoms with E-state index >= 15 is 0 Å². The van der Waals surface area contributed by atoms with Crippen LogP contribution in [0.3, 0.4) is 0 Å². The molecule has 6 heteroatoms. The van der Waals surface area contributed by atoms with Crippen LogP contribution in [0.5, 0.6) is 0 Å². The molecule has 1 saturated carbocycles. The fraction of sp³-hybridized carbons (Fsp3) is 0.308. The molecule has 2 aromatic heterocycles. The van der Waals surface area contributed by atoms with Gasteiger partial charge in [0.1, 0.15) is 16.7 Å². The van der Waals surface area contributed by atoms with Crippen molar-refractivity contribution in [2.45, 2.75) is 154 Å². The molecule has 1 fully saturated rings. The molecule has 0 bridgehead atoms. The van der Waals surface area contributed by atoms with E-state index in [1.807, 2.05) is 0 Å². The Morgan fingerprint density at radius 1 is 0.440 bits per heavy atom. The van der Waals surface area contributed by atoms with Crippen LogP contribution in [0.1, 0.15) is 149 Å². The minimum Gasteiger partial charge on any atom is -0.456 e. The molecule has 2 atom stereocenters. The number of benzene rings is 9. The Labute approximate surface area is 496 Å². The summed E-state index contributed by atoms with van der Waals surface area (Å²) in [5, 5.41) is 4.52. The van der Waals surface area contributed by atoms with Gasteiger partial charge in [-0.15, -0.1) is 0 Å². The summed E-state index contributed by atoms with van der Waals surface area (Å²) in [5.74, 6) is 0. The first-order valence-electron chi connectivity index (χ1n) is 31.1. The quantitative estimate of drug-likeness (QED) is 0.164. The molecule has 9 aromatic carbocycles. The minimum absolute atomic E-state index is 0.00109. The number of anilines is 8. The van der Waals surface area contributed by atoms with E-state index in [1.165, 1.54) is 102 Å². The van der Waals surface area contributed by atoms with Crippen LogP contribution in [0.4, 0.5) is 45.5 Å². The molecule has 16 rings (SSSR count). The molecule has 2 aliphatic carbocycles. The lowest BCUT2D eigenvalue weighted by Crippen LogP contribution is -2.62. The third-order valence-corrected chi connectivity index (χ3v) is 21.6. The average molecular weight is 1100 g/mol. The minimum atomic E-state index is -0.232. The van der Waals surface area contributed by atoms with Crippen LogP contribution in [-0.2, 0) is 27.1 Å². The first-order valence-corrected chi connectivity index (χ1v) is 31.1. The molecule has 3 aliphatic heterocycles. The van der Waals surface area contributed by atoms with Crippen molar-refractivity contribution < 1.29 is 8.83 Å². The number of hydrogen-bond acceptors (Lipinski definition) is 5. The van der Waals surface area contributed by atoms with Crippen LogP contribution >= 0.6 is 0 Å². The van der Waals surface area contributed by atoms with Gasteiger partial charge in [-0.3, -0.25) is 0 Å². The molecule has 0 amide bonds. The average Bonchev–Trinajstić information content (AvgIpc) is 1.38. The van der Waals surface area contributed by atoms with Crippen LogP contribution in [0.25, 0.3) is 55.0 Å².